The maximum Gasteiger partial charge on any atom is 0.253 e. The number of methoxy groups -OCH3 is 1. The minimum Gasteiger partial charge on any atom is -0.385 e. The van der Waals surface area contributed by atoms with Crippen molar-refractivity contribution in [2.24, 2.45) is 11.8 Å². The van der Waals surface area contributed by atoms with Crippen LogP contribution < -0.4 is 5.32 Å². The zero-order valence-corrected chi connectivity index (χ0v) is 13.8. The third-order valence-electron chi connectivity index (χ3n) is 4.57. The number of imide groups is 1. The number of rotatable bonds is 8. The molecule has 0 radical (unpaired) electrons. The molecule has 0 spiro atoms. The summed E-state index contributed by atoms with van der Waals surface area (Å²) < 4.78 is 4.94. The van der Waals surface area contributed by atoms with E-state index in [2.05, 4.69) is 5.32 Å². The lowest BCUT2D eigenvalue weighted by Gasteiger charge is -2.31. The Morgan fingerprint density at radius 2 is 1.96 bits per heavy atom. The first kappa shape index (κ1) is 17.7. The summed E-state index contributed by atoms with van der Waals surface area (Å²) in [5.41, 5.74) is 0. The number of hydrogen-bond acceptors (Lipinski definition) is 4. The van der Waals surface area contributed by atoms with E-state index in [-0.39, 0.29) is 17.7 Å². The van der Waals surface area contributed by atoms with Crippen molar-refractivity contribution >= 4 is 17.7 Å². The summed E-state index contributed by atoms with van der Waals surface area (Å²) in [6, 6.07) is 0. The van der Waals surface area contributed by atoms with Crippen molar-refractivity contribution in [3.63, 3.8) is 0 Å². The van der Waals surface area contributed by atoms with Gasteiger partial charge >= 0.3 is 0 Å². The number of hydrogen-bond donors (Lipinski definition) is 1. The van der Waals surface area contributed by atoms with Gasteiger partial charge in [-0.15, -0.1) is 0 Å². The SMILES string of the molecule is COCCCC(=O)NCC1CCCC(CN2C(=O)C=CC2=O)C1. The molecule has 2 atom stereocenters. The van der Waals surface area contributed by atoms with E-state index in [1.54, 1.807) is 7.11 Å². The van der Waals surface area contributed by atoms with Crippen molar-refractivity contribution < 1.29 is 19.1 Å². The number of carbonyl (C=O) groups is 3. The summed E-state index contributed by atoms with van der Waals surface area (Å²) >= 11 is 0. The Bertz CT molecular complexity index is 457. The highest BCUT2D eigenvalue weighted by Crippen LogP contribution is 2.29. The average Bonchev–Trinajstić information content (AvgIpc) is 2.86. The molecule has 0 aromatic rings. The van der Waals surface area contributed by atoms with E-state index in [1.807, 2.05) is 0 Å². The summed E-state index contributed by atoms with van der Waals surface area (Å²) in [6.07, 6.45) is 8.07. The van der Waals surface area contributed by atoms with Gasteiger partial charge in [0.2, 0.25) is 5.91 Å². The van der Waals surface area contributed by atoms with Crippen LogP contribution in [0.2, 0.25) is 0 Å². The third kappa shape index (κ3) is 5.46. The van der Waals surface area contributed by atoms with Crippen molar-refractivity contribution in [1.29, 1.82) is 0 Å². The predicted molar refractivity (Wildman–Crippen MR) is 85.4 cm³/mol. The van der Waals surface area contributed by atoms with Gasteiger partial charge in [0.25, 0.3) is 11.8 Å². The van der Waals surface area contributed by atoms with E-state index >= 15 is 0 Å². The lowest BCUT2D eigenvalue weighted by Crippen LogP contribution is -2.38. The molecule has 0 saturated heterocycles. The number of carbonyl (C=O) groups excluding carboxylic acids is 3. The molecule has 6 nitrogen and oxygen atoms in total. The summed E-state index contributed by atoms with van der Waals surface area (Å²) in [6.45, 7) is 1.79. The van der Waals surface area contributed by atoms with Gasteiger partial charge < -0.3 is 10.1 Å². The van der Waals surface area contributed by atoms with Crippen molar-refractivity contribution in [2.45, 2.75) is 38.5 Å². The second kappa shape index (κ2) is 8.82. The highest BCUT2D eigenvalue weighted by Gasteiger charge is 2.29. The van der Waals surface area contributed by atoms with Gasteiger partial charge in [0.05, 0.1) is 0 Å². The zero-order valence-electron chi connectivity index (χ0n) is 13.8. The molecule has 2 aliphatic rings. The van der Waals surface area contributed by atoms with Gasteiger partial charge in [-0.3, -0.25) is 19.3 Å². The highest BCUT2D eigenvalue weighted by atomic mass is 16.5. The summed E-state index contributed by atoms with van der Waals surface area (Å²) in [5, 5.41) is 2.99. The van der Waals surface area contributed by atoms with Crippen LogP contribution in [0.1, 0.15) is 38.5 Å². The third-order valence-corrected chi connectivity index (χ3v) is 4.57. The molecule has 0 aromatic carbocycles. The van der Waals surface area contributed by atoms with E-state index in [0.717, 1.165) is 32.1 Å². The van der Waals surface area contributed by atoms with Crippen LogP contribution in [0.5, 0.6) is 0 Å². The Balaban J connectivity index is 1.70. The van der Waals surface area contributed by atoms with Crippen LogP contribution >= 0.6 is 0 Å². The molecule has 2 unspecified atom stereocenters. The highest BCUT2D eigenvalue weighted by molar-refractivity contribution is 6.12. The largest absolute Gasteiger partial charge is 0.385 e. The van der Waals surface area contributed by atoms with Crippen molar-refractivity contribution in [3.05, 3.63) is 12.2 Å². The second-order valence-corrected chi connectivity index (χ2v) is 6.42. The van der Waals surface area contributed by atoms with Crippen molar-refractivity contribution in [1.82, 2.24) is 10.2 Å². The lowest BCUT2D eigenvalue weighted by atomic mass is 9.81. The first-order valence-corrected chi connectivity index (χ1v) is 8.39. The van der Waals surface area contributed by atoms with Gasteiger partial charge in [-0.1, -0.05) is 6.42 Å². The normalized spacial score (nSPS) is 24.3. The van der Waals surface area contributed by atoms with Gasteiger partial charge in [0.15, 0.2) is 0 Å². The number of nitrogens with one attached hydrogen (secondary N) is 1. The van der Waals surface area contributed by atoms with Crippen LogP contribution in [-0.2, 0) is 19.1 Å². The lowest BCUT2D eigenvalue weighted by molar-refractivity contribution is -0.137. The van der Waals surface area contributed by atoms with Gasteiger partial charge in [0.1, 0.15) is 0 Å². The van der Waals surface area contributed by atoms with Crippen LogP contribution in [-0.4, -0.2) is 49.4 Å². The van der Waals surface area contributed by atoms with Crippen LogP contribution in [0.3, 0.4) is 0 Å². The molecule has 2 rings (SSSR count). The summed E-state index contributed by atoms with van der Waals surface area (Å²) in [5.74, 6) is 0.429. The Kier molecular flexibility index (Phi) is 6.77. The molecule has 1 saturated carbocycles. The van der Waals surface area contributed by atoms with Gasteiger partial charge in [-0.2, -0.15) is 0 Å². The minimum atomic E-state index is -0.205. The molecule has 128 valence electrons. The van der Waals surface area contributed by atoms with E-state index in [1.165, 1.54) is 17.1 Å². The van der Waals surface area contributed by atoms with Crippen molar-refractivity contribution in [2.75, 3.05) is 26.8 Å². The van der Waals surface area contributed by atoms with Crippen LogP contribution in [0.15, 0.2) is 12.2 Å². The topological polar surface area (TPSA) is 75.7 Å². The quantitative estimate of drug-likeness (QED) is 0.539. The second-order valence-electron chi connectivity index (χ2n) is 6.42. The molecule has 1 heterocycles. The molecule has 1 N–H and O–H groups in total. The molecule has 6 heteroatoms. The summed E-state index contributed by atoms with van der Waals surface area (Å²) in [7, 11) is 1.63. The fourth-order valence-corrected chi connectivity index (χ4v) is 3.35. The number of ether oxygens (including phenoxy) is 1. The Labute approximate surface area is 137 Å². The molecule has 0 bridgehead atoms. The first-order valence-electron chi connectivity index (χ1n) is 8.39. The standard InChI is InChI=1S/C17H26N2O4/c1-23-9-3-6-15(20)18-11-13-4-2-5-14(10-13)12-19-16(21)7-8-17(19)22/h7-8,13-14H,2-6,9-12H2,1H3,(H,18,20). The van der Waals surface area contributed by atoms with E-state index < -0.39 is 0 Å². The van der Waals surface area contributed by atoms with Crippen LogP contribution in [0, 0.1) is 11.8 Å². The van der Waals surface area contributed by atoms with Crippen LogP contribution in [0.4, 0.5) is 0 Å². The van der Waals surface area contributed by atoms with Crippen LogP contribution in [0.25, 0.3) is 0 Å². The molecule has 3 amide bonds. The Morgan fingerprint density at radius 1 is 1.26 bits per heavy atom. The molecule has 1 aliphatic carbocycles. The smallest absolute Gasteiger partial charge is 0.253 e. The van der Waals surface area contributed by atoms with Gasteiger partial charge in [-0.05, 0) is 37.5 Å². The maximum atomic E-state index is 11.7. The summed E-state index contributed by atoms with van der Waals surface area (Å²) in [4.78, 5) is 36.3. The van der Waals surface area contributed by atoms with E-state index in [0.29, 0.717) is 38.0 Å². The molecular weight excluding hydrogens is 296 g/mol. The molecule has 23 heavy (non-hydrogen) atoms. The molecule has 1 aliphatic heterocycles. The molecular formula is C17H26N2O4. The Morgan fingerprint density at radius 3 is 2.65 bits per heavy atom. The van der Waals surface area contributed by atoms with Gasteiger partial charge in [0, 0.05) is 45.4 Å². The van der Waals surface area contributed by atoms with E-state index in [4.69, 9.17) is 4.74 Å². The molecule has 0 aromatic heterocycles. The fourth-order valence-electron chi connectivity index (χ4n) is 3.35. The monoisotopic (exact) mass is 322 g/mol. The Hall–Kier alpha value is -1.69. The average molecular weight is 322 g/mol. The maximum absolute atomic E-state index is 11.7. The van der Waals surface area contributed by atoms with Crippen molar-refractivity contribution in [3.8, 4) is 0 Å². The minimum absolute atomic E-state index is 0.0678. The number of amides is 3. The fraction of sp³-hybridized carbons (Fsp3) is 0.706. The predicted octanol–water partition coefficient (Wildman–Crippen LogP) is 1.26. The zero-order chi connectivity index (χ0) is 16.7. The number of nitrogens with zero attached hydrogens (tertiary/aromatic N) is 1. The van der Waals surface area contributed by atoms with E-state index in [9.17, 15) is 14.4 Å². The van der Waals surface area contributed by atoms with Gasteiger partial charge in [-0.25, -0.2) is 0 Å². The molecule has 1 fully saturated rings. The first-order chi connectivity index (χ1) is 11.1.